The standard InChI is InChI=1S/C19H20N2O/c1-21-11-10-15-17(12-21)20-16-8-5-9-18(19(15)16)22-13-14-6-3-2-4-7-14/h2-9,20H,10-13H2,1H3. The Hall–Kier alpha value is -2.26. The van der Waals surface area contributed by atoms with Gasteiger partial charge in [-0.2, -0.15) is 0 Å². The van der Waals surface area contributed by atoms with Crippen LogP contribution in [0.3, 0.4) is 0 Å². The summed E-state index contributed by atoms with van der Waals surface area (Å²) in [5, 5.41) is 1.27. The van der Waals surface area contributed by atoms with Crippen molar-refractivity contribution in [1.82, 2.24) is 9.88 Å². The minimum atomic E-state index is 0.611. The summed E-state index contributed by atoms with van der Waals surface area (Å²) < 4.78 is 6.12. The molecule has 0 radical (unpaired) electrons. The first-order valence-electron chi connectivity index (χ1n) is 7.79. The SMILES string of the molecule is CN1CCc2c([nH]c3cccc(OCc4ccccc4)c23)C1. The van der Waals surface area contributed by atoms with Crippen molar-refractivity contribution < 1.29 is 4.74 Å². The fourth-order valence-electron chi connectivity index (χ4n) is 3.25. The van der Waals surface area contributed by atoms with Gasteiger partial charge >= 0.3 is 0 Å². The van der Waals surface area contributed by atoms with Crippen molar-refractivity contribution >= 4 is 10.9 Å². The zero-order valence-electron chi connectivity index (χ0n) is 12.8. The van der Waals surface area contributed by atoms with Crippen LogP contribution in [0.5, 0.6) is 5.75 Å². The Labute approximate surface area is 130 Å². The number of rotatable bonds is 3. The largest absolute Gasteiger partial charge is 0.488 e. The summed E-state index contributed by atoms with van der Waals surface area (Å²) in [4.78, 5) is 5.91. The summed E-state index contributed by atoms with van der Waals surface area (Å²) >= 11 is 0. The monoisotopic (exact) mass is 292 g/mol. The third kappa shape index (κ3) is 2.38. The smallest absolute Gasteiger partial charge is 0.129 e. The van der Waals surface area contributed by atoms with E-state index in [1.54, 1.807) is 0 Å². The molecule has 1 N–H and O–H groups in total. The molecule has 0 aliphatic carbocycles. The first-order valence-corrected chi connectivity index (χ1v) is 7.79. The summed E-state index contributed by atoms with van der Waals surface area (Å²) in [6.07, 6.45) is 1.08. The summed E-state index contributed by atoms with van der Waals surface area (Å²) in [5.41, 5.74) is 5.14. The average Bonchev–Trinajstić information content (AvgIpc) is 2.91. The van der Waals surface area contributed by atoms with Crippen LogP contribution in [0.4, 0.5) is 0 Å². The van der Waals surface area contributed by atoms with Crippen molar-refractivity contribution in [3.8, 4) is 5.75 Å². The Bertz CT molecular complexity index is 792. The molecule has 0 unspecified atom stereocenters. The lowest BCUT2D eigenvalue weighted by Gasteiger charge is -2.22. The maximum atomic E-state index is 6.12. The second-order valence-electron chi connectivity index (χ2n) is 6.02. The molecule has 3 heteroatoms. The summed E-state index contributed by atoms with van der Waals surface area (Å²) in [7, 11) is 2.17. The highest BCUT2D eigenvalue weighted by Crippen LogP contribution is 2.34. The van der Waals surface area contributed by atoms with Gasteiger partial charge in [0.2, 0.25) is 0 Å². The zero-order chi connectivity index (χ0) is 14.9. The van der Waals surface area contributed by atoms with Gasteiger partial charge in [0.05, 0.1) is 0 Å². The van der Waals surface area contributed by atoms with Gasteiger partial charge in [-0.1, -0.05) is 36.4 Å². The Balaban J connectivity index is 1.69. The van der Waals surface area contributed by atoms with Gasteiger partial charge in [0.25, 0.3) is 0 Å². The third-order valence-electron chi connectivity index (χ3n) is 4.39. The highest BCUT2D eigenvalue weighted by Gasteiger charge is 2.20. The van der Waals surface area contributed by atoms with E-state index in [-0.39, 0.29) is 0 Å². The Morgan fingerprint density at radius 1 is 1.09 bits per heavy atom. The molecule has 0 atom stereocenters. The molecule has 22 heavy (non-hydrogen) atoms. The molecular weight excluding hydrogens is 272 g/mol. The van der Waals surface area contributed by atoms with E-state index in [2.05, 4.69) is 47.3 Å². The molecule has 0 fully saturated rings. The molecule has 2 aromatic carbocycles. The number of aromatic nitrogens is 1. The van der Waals surface area contributed by atoms with Crippen LogP contribution in [0.15, 0.2) is 48.5 Å². The van der Waals surface area contributed by atoms with Crippen LogP contribution in [0, 0.1) is 0 Å². The molecular formula is C19H20N2O. The van der Waals surface area contributed by atoms with Gasteiger partial charge in [-0.15, -0.1) is 0 Å². The highest BCUT2D eigenvalue weighted by molar-refractivity contribution is 5.90. The normalized spacial score (nSPS) is 15.0. The van der Waals surface area contributed by atoms with Crippen molar-refractivity contribution in [2.24, 2.45) is 0 Å². The van der Waals surface area contributed by atoms with E-state index in [4.69, 9.17) is 4.74 Å². The lowest BCUT2D eigenvalue weighted by Crippen LogP contribution is -2.26. The van der Waals surface area contributed by atoms with Crippen LogP contribution in [0.25, 0.3) is 10.9 Å². The molecule has 1 aliphatic rings. The second kappa shape index (κ2) is 5.50. The molecule has 0 amide bonds. The Morgan fingerprint density at radius 2 is 1.95 bits per heavy atom. The minimum Gasteiger partial charge on any atom is -0.488 e. The molecule has 3 nitrogen and oxygen atoms in total. The number of aromatic amines is 1. The van der Waals surface area contributed by atoms with Crippen molar-refractivity contribution in [3.63, 3.8) is 0 Å². The van der Waals surface area contributed by atoms with Crippen molar-refractivity contribution in [1.29, 1.82) is 0 Å². The molecule has 2 heterocycles. The van der Waals surface area contributed by atoms with Gasteiger partial charge in [0.1, 0.15) is 12.4 Å². The van der Waals surface area contributed by atoms with E-state index in [0.717, 1.165) is 25.3 Å². The Kier molecular flexibility index (Phi) is 3.35. The van der Waals surface area contributed by atoms with Crippen LogP contribution in [-0.2, 0) is 19.6 Å². The fourth-order valence-corrected chi connectivity index (χ4v) is 3.25. The quantitative estimate of drug-likeness (QED) is 0.796. The lowest BCUT2D eigenvalue weighted by molar-refractivity contribution is 0.305. The van der Waals surface area contributed by atoms with E-state index < -0.39 is 0 Å². The van der Waals surface area contributed by atoms with Gasteiger partial charge in [0.15, 0.2) is 0 Å². The fraction of sp³-hybridized carbons (Fsp3) is 0.263. The molecule has 112 valence electrons. The van der Waals surface area contributed by atoms with Crippen molar-refractivity contribution in [2.45, 2.75) is 19.6 Å². The maximum Gasteiger partial charge on any atom is 0.129 e. The van der Waals surface area contributed by atoms with E-state index in [9.17, 15) is 0 Å². The third-order valence-corrected chi connectivity index (χ3v) is 4.39. The van der Waals surface area contributed by atoms with Crippen LogP contribution >= 0.6 is 0 Å². The predicted octanol–water partition coefficient (Wildman–Crippen LogP) is 3.73. The maximum absolute atomic E-state index is 6.12. The lowest BCUT2D eigenvalue weighted by atomic mass is 10.0. The molecule has 1 aromatic heterocycles. The topological polar surface area (TPSA) is 28.3 Å². The molecule has 0 saturated heterocycles. The van der Waals surface area contributed by atoms with Gasteiger partial charge < -0.3 is 14.6 Å². The number of hydrogen-bond donors (Lipinski definition) is 1. The summed E-state index contributed by atoms with van der Waals surface area (Å²) in [6.45, 7) is 2.70. The van der Waals surface area contributed by atoms with Gasteiger partial charge in [-0.25, -0.2) is 0 Å². The zero-order valence-corrected chi connectivity index (χ0v) is 12.8. The summed E-state index contributed by atoms with van der Waals surface area (Å²) in [6, 6.07) is 16.6. The molecule has 3 aromatic rings. The number of nitrogens with zero attached hydrogens (tertiary/aromatic N) is 1. The van der Waals surface area contributed by atoms with Crippen LogP contribution in [-0.4, -0.2) is 23.5 Å². The van der Waals surface area contributed by atoms with Gasteiger partial charge in [-0.3, -0.25) is 0 Å². The molecule has 1 aliphatic heterocycles. The highest BCUT2D eigenvalue weighted by atomic mass is 16.5. The summed E-state index contributed by atoms with van der Waals surface area (Å²) in [5.74, 6) is 0.989. The van der Waals surface area contributed by atoms with Crippen molar-refractivity contribution in [3.05, 3.63) is 65.4 Å². The van der Waals surface area contributed by atoms with E-state index in [0.29, 0.717) is 6.61 Å². The van der Waals surface area contributed by atoms with Crippen LogP contribution in [0.2, 0.25) is 0 Å². The number of H-pyrrole nitrogens is 1. The van der Waals surface area contributed by atoms with Crippen LogP contribution < -0.4 is 4.74 Å². The molecule has 0 spiro atoms. The minimum absolute atomic E-state index is 0.611. The van der Waals surface area contributed by atoms with E-state index in [1.165, 1.54) is 27.7 Å². The number of hydrogen-bond acceptors (Lipinski definition) is 2. The first-order chi connectivity index (χ1) is 10.8. The first kappa shape index (κ1) is 13.4. The van der Waals surface area contributed by atoms with Gasteiger partial charge in [-0.05, 0) is 36.7 Å². The number of fused-ring (bicyclic) bond motifs is 3. The second-order valence-corrected chi connectivity index (χ2v) is 6.02. The molecule has 0 bridgehead atoms. The van der Waals surface area contributed by atoms with Gasteiger partial charge in [0, 0.05) is 29.7 Å². The molecule has 0 saturated carbocycles. The van der Waals surface area contributed by atoms with E-state index >= 15 is 0 Å². The van der Waals surface area contributed by atoms with Crippen LogP contribution in [0.1, 0.15) is 16.8 Å². The number of ether oxygens (including phenoxy) is 1. The van der Waals surface area contributed by atoms with E-state index in [1.807, 2.05) is 18.2 Å². The number of benzene rings is 2. The average molecular weight is 292 g/mol. The molecule has 4 rings (SSSR count). The van der Waals surface area contributed by atoms with Crippen molar-refractivity contribution in [2.75, 3.05) is 13.6 Å². The number of likely N-dealkylation sites (N-methyl/N-ethyl adjacent to an activating group) is 1. The number of nitrogens with one attached hydrogen (secondary N) is 1. The predicted molar refractivity (Wildman–Crippen MR) is 89.1 cm³/mol. The Morgan fingerprint density at radius 3 is 2.82 bits per heavy atom.